The van der Waals surface area contributed by atoms with E-state index in [1.165, 1.54) is 24.3 Å². The summed E-state index contributed by atoms with van der Waals surface area (Å²) >= 11 is 0. The van der Waals surface area contributed by atoms with Gasteiger partial charge >= 0.3 is 27.3 Å². The summed E-state index contributed by atoms with van der Waals surface area (Å²) in [5.41, 5.74) is 0. The smallest absolute Gasteiger partial charge is 0.744 e. The minimum atomic E-state index is -4.34. The first-order chi connectivity index (χ1) is 13.1. The van der Waals surface area contributed by atoms with Gasteiger partial charge in [0, 0.05) is 0 Å². The fraction of sp³-hybridized carbons (Fsp3) is 0. The summed E-state index contributed by atoms with van der Waals surface area (Å²) in [6.45, 7) is 0. The van der Waals surface area contributed by atoms with E-state index in [4.69, 9.17) is 0 Å². The molecule has 0 radical (unpaired) electrons. The molecule has 0 aliphatic heterocycles. The van der Waals surface area contributed by atoms with Crippen molar-refractivity contribution in [3.63, 3.8) is 0 Å². The van der Waals surface area contributed by atoms with Gasteiger partial charge in [-0.05, 0) is 45.8 Å². The molecular formula is C20H14CdO6S2. The average Bonchev–Trinajstić information content (AvgIpc) is 2.66. The van der Waals surface area contributed by atoms with E-state index >= 15 is 0 Å². The predicted molar refractivity (Wildman–Crippen MR) is 104 cm³/mol. The Kier molecular flexibility index (Phi) is 7.51. The van der Waals surface area contributed by atoms with Gasteiger partial charge < -0.3 is 9.11 Å². The second-order valence-corrected chi connectivity index (χ2v) is 8.69. The summed E-state index contributed by atoms with van der Waals surface area (Å²) in [6.07, 6.45) is 0. The fourth-order valence-electron chi connectivity index (χ4n) is 2.65. The van der Waals surface area contributed by atoms with Crippen molar-refractivity contribution in [2.24, 2.45) is 0 Å². The molecule has 0 bridgehead atoms. The molecule has 4 aromatic carbocycles. The van der Waals surface area contributed by atoms with Crippen molar-refractivity contribution in [1.29, 1.82) is 0 Å². The SMILES string of the molecule is O=S(=O)([O-])c1ccc2ccccc2c1.O=S(=O)([O-])c1ccc2ccccc2c1.[Cd+2]. The maximum Gasteiger partial charge on any atom is 2.00 e. The normalized spacial score (nSPS) is 11.4. The zero-order valence-electron chi connectivity index (χ0n) is 15.1. The molecule has 0 aromatic heterocycles. The number of hydrogen-bond acceptors (Lipinski definition) is 6. The van der Waals surface area contributed by atoms with Crippen molar-refractivity contribution in [2.75, 3.05) is 0 Å². The molecule has 6 nitrogen and oxygen atoms in total. The first-order valence-corrected chi connectivity index (χ1v) is 10.9. The van der Waals surface area contributed by atoms with E-state index in [2.05, 4.69) is 0 Å². The van der Waals surface area contributed by atoms with Crippen LogP contribution >= 0.6 is 0 Å². The van der Waals surface area contributed by atoms with Crippen LogP contribution in [0.5, 0.6) is 0 Å². The van der Waals surface area contributed by atoms with E-state index in [9.17, 15) is 25.9 Å². The molecule has 0 saturated heterocycles. The molecule has 0 amide bonds. The minimum Gasteiger partial charge on any atom is -0.744 e. The van der Waals surface area contributed by atoms with Crippen molar-refractivity contribution >= 4 is 41.8 Å². The van der Waals surface area contributed by atoms with Gasteiger partial charge in [-0.25, -0.2) is 16.8 Å². The van der Waals surface area contributed by atoms with Crippen LogP contribution in [0.1, 0.15) is 0 Å². The first kappa shape index (κ1) is 23.4. The molecule has 0 saturated carbocycles. The molecule has 0 fully saturated rings. The van der Waals surface area contributed by atoms with Crippen LogP contribution in [-0.2, 0) is 47.5 Å². The Labute approximate surface area is 188 Å². The fourth-order valence-corrected chi connectivity index (χ4v) is 3.66. The molecule has 0 spiro atoms. The van der Waals surface area contributed by atoms with Gasteiger partial charge in [-0.2, -0.15) is 0 Å². The van der Waals surface area contributed by atoms with Crippen molar-refractivity contribution in [3.8, 4) is 0 Å². The van der Waals surface area contributed by atoms with E-state index < -0.39 is 20.2 Å². The van der Waals surface area contributed by atoms with Crippen molar-refractivity contribution in [2.45, 2.75) is 9.79 Å². The third-order valence-electron chi connectivity index (χ3n) is 4.02. The molecule has 144 valence electrons. The Hall–Kier alpha value is -1.86. The second kappa shape index (κ2) is 9.30. The first-order valence-electron chi connectivity index (χ1n) is 8.04. The van der Waals surface area contributed by atoms with Crippen LogP contribution in [0.3, 0.4) is 0 Å². The van der Waals surface area contributed by atoms with E-state index in [1.54, 1.807) is 36.4 Å². The molecule has 0 unspecified atom stereocenters. The van der Waals surface area contributed by atoms with Gasteiger partial charge in [-0.15, -0.1) is 0 Å². The summed E-state index contributed by atoms with van der Waals surface area (Å²) < 4.78 is 64.3. The summed E-state index contributed by atoms with van der Waals surface area (Å²) in [4.78, 5) is -0.368. The zero-order chi connectivity index (χ0) is 20.4. The molecule has 0 N–H and O–H groups in total. The molecule has 9 heteroatoms. The van der Waals surface area contributed by atoms with E-state index in [-0.39, 0.29) is 37.1 Å². The predicted octanol–water partition coefficient (Wildman–Crippen LogP) is 3.49. The standard InChI is InChI=1S/2C10H8O3S.Cd/c2*11-14(12,13)10-6-5-8-3-1-2-4-9(8)7-10;/h2*1-7H,(H,11,12,13);/q;;+2/p-2. The van der Waals surface area contributed by atoms with Gasteiger partial charge in [-0.1, -0.05) is 60.7 Å². The van der Waals surface area contributed by atoms with Crippen molar-refractivity contribution in [3.05, 3.63) is 84.9 Å². The number of rotatable bonds is 2. The Morgan fingerprint density at radius 3 is 1.10 bits per heavy atom. The summed E-state index contributed by atoms with van der Waals surface area (Å²) in [7, 11) is -8.69. The van der Waals surface area contributed by atoms with E-state index in [0.717, 1.165) is 21.5 Å². The monoisotopic (exact) mass is 528 g/mol. The Morgan fingerprint density at radius 1 is 0.483 bits per heavy atom. The van der Waals surface area contributed by atoms with Crippen molar-refractivity contribution < 1.29 is 53.2 Å². The molecule has 0 heterocycles. The van der Waals surface area contributed by atoms with Crippen LogP contribution in [0.15, 0.2) is 94.7 Å². The Morgan fingerprint density at radius 2 is 0.793 bits per heavy atom. The molecule has 0 atom stereocenters. The molecular weight excluding hydrogens is 513 g/mol. The van der Waals surface area contributed by atoms with Crippen LogP contribution in [0, 0.1) is 0 Å². The second-order valence-electron chi connectivity index (χ2n) is 5.93. The summed E-state index contributed by atoms with van der Waals surface area (Å²) in [5, 5.41) is 3.34. The summed E-state index contributed by atoms with van der Waals surface area (Å²) in [6, 6.07) is 23.2. The number of benzene rings is 4. The van der Waals surface area contributed by atoms with Gasteiger partial charge in [0.05, 0.1) is 9.79 Å². The third-order valence-corrected chi connectivity index (χ3v) is 5.68. The van der Waals surface area contributed by atoms with Gasteiger partial charge in [-0.3, -0.25) is 0 Å². The van der Waals surface area contributed by atoms with E-state index in [1.807, 2.05) is 24.3 Å². The topological polar surface area (TPSA) is 114 Å². The molecule has 4 aromatic rings. The van der Waals surface area contributed by atoms with Gasteiger partial charge in [0.2, 0.25) is 0 Å². The van der Waals surface area contributed by atoms with Gasteiger partial charge in [0.1, 0.15) is 20.2 Å². The van der Waals surface area contributed by atoms with Gasteiger partial charge in [0.25, 0.3) is 0 Å². The summed E-state index contributed by atoms with van der Waals surface area (Å²) in [5.74, 6) is 0. The number of hydrogen-bond donors (Lipinski definition) is 0. The van der Waals surface area contributed by atoms with Crippen LogP contribution in [0.2, 0.25) is 0 Å². The molecule has 29 heavy (non-hydrogen) atoms. The maximum absolute atomic E-state index is 10.7. The largest absolute Gasteiger partial charge is 2.00 e. The third kappa shape index (κ3) is 6.06. The van der Waals surface area contributed by atoms with E-state index in [0.29, 0.717) is 0 Å². The quantitative estimate of drug-likeness (QED) is 0.292. The molecule has 4 rings (SSSR count). The Bertz CT molecular complexity index is 1260. The van der Waals surface area contributed by atoms with Crippen LogP contribution in [0.25, 0.3) is 21.5 Å². The molecule has 0 aliphatic carbocycles. The van der Waals surface area contributed by atoms with Gasteiger partial charge in [0.15, 0.2) is 0 Å². The van der Waals surface area contributed by atoms with Crippen molar-refractivity contribution in [1.82, 2.24) is 0 Å². The zero-order valence-corrected chi connectivity index (χ0v) is 20.7. The average molecular weight is 527 g/mol. The van der Waals surface area contributed by atoms with Crippen LogP contribution < -0.4 is 0 Å². The number of fused-ring (bicyclic) bond motifs is 2. The van der Waals surface area contributed by atoms with Crippen LogP contribution in [0.4, 0.5) is 0 Å². The maximum atomic E-state index is 10.7. The van der Waals surface area contributed by atoms with Crippen LogP contribution in [-0.4, -0.2) is 25.9 Å². The minimum absolute atomic E-state index is 0. The molecule has 0 aliphatic rings. The Balaban J connectivity index is 0.000000200.